The van der Waals surface area contributed by atoms with Crippen molar-refractivity contribution < 1.29 is 13.9 Å². The number of hydrogen-bond acceptors (Lipinski definition) is 3. The molecule has 0 saturated heterocycles. The smallest absolute Gasteiger partial charge is 0.260 e. The first-order valence-electron chi connectivity index (χ1n) is 7.06. The number of amides is 1. The van der Waals surface area contributed by atoms with E-state index in [2.05, 4.69) is 5.32 Å². The summed E-state index contributed by atoms with van der Waals surface area (Å²) in [4.78, 5) is 12.0. The Morgan fingerprint density at radius 2 is 2.20 bits per heavy atom. The molecule has 1 amide bonds. The molecule has 0 aliphatic heterocycles. The number of halogens is 1. The van der Waals surface area contributed by atoms with Crippen LogP contribution in [0.1, 0.15) is 38.2 Å². The van der Waals surface area contributed by atoms with Crippen LogP contribution in [0.15, 0.2) is 18.2 Å². The molecular weight excluding hydrogens is 259 g/mol. The van der Waals surface area contributed by atoms with Crippen molar-refractivity contribution >= 4 is 5.91 Å². The molecule has 1 aliphatic rings. The summed E-state index contributed by atoms with van der Waals surface area (Å²) in [5.41, 5.74) is 5.81. The predicted octanol–water partition coefficient (Wildman–Crippen LogP) is 2.11. The molecule has 0 bridgehead atoms. The van der Waals surface area contributed by atoms with Crippen LogP contribution in [0.4, 0.5) is 4.39 Å². The Morgan fingerprint density at radius 1 is 1.50 bits per heavy atom. The van der Waals surface area contributed by atoms with E-state index in [-0.39, 0.29) is 18.5 Å². The van der Waals surface area contributed by atoms with Gasteiger partial charge in [0.15, 0.2) is 6.10 Å². The highest BCUT2D eigenvalue weighted by atomic mass is 19.1. The standard InChI is InChI=1S/C15H21FN2O2/c1-10(15(19)18-11-5-2-3-6-11)20-14-8-4-7-13(16)12(14)9-17/h4,7-8,10-11H,2-3,5-6,9,17H2,1H3,(H,18,19). The molecule has 3 N–H and O–H groups in total. The lowest BCUT2D eigenvalue weighted by atomic mass is 10.2. The van der Waals surface area contributed by atoms with E-state index in [9.17, 15) is 9.18 Å². The zero-order chi connectivity index (χ0) is 14.5. The fourth-order valence-electron chi connectivity index (χ4n) is 2.48. The van der Waals surface area contributed by atoms with E-state index in [1.165, 1.54) is 6.07 Å². The molecule has 5 heteroatoms. The number of hydrogen-bond donors (Lipinski definition) is 2. The second-order valence-electron chi connectivity index (χ2n) is 5.17. The van der Waals surface area contributed by atoms with Crippen molar-refractivity contribution in [3.63, 3.8) is 0 Å². The van der Waals surface area contributed by atoms with E-state index < -0.39 is 11.9 Å². The van der Waals surface area contributed by atoms with Gasteiger partial charge in [-0.3, -0.25) is 4.79 Å². The van der Waals surface area contributed by atoms with E-state index in [4.69, 9.17) is 10.5 Å². The second kappa shape index (κ2) is 6.70. The number of ether oxygens (including phenoxy) is 1. The molecule has 1 saturated carbocycles. The minimum atomic E-state index is -0.664. The Kier molecular flexibility index (Phi) is 4.95. The van der Waals surface area contributed by atoms with Gasteiger partial charge in [0.2, 0.25) is 0 Å². The van der Waals surface area contributed by atoms with E-state index in [1.54, 1.807) is 19.1 Å². The molecule has 2 rings (SSSR count). The number of carbonyl (C=O) groups excluding carboxylic acids is 1. The topological polar surface area (TPSA) is 64.3 Å². The summed E-state index contributed by atoms with van der Waals surface area (Å²) in [6.07, 6.45) is 3.68. The number of rotatable bonds is 5. The highest BCUT2D eigenvalue weighted by Crippen LogP contribution is 2.22. The molecule has 1 fully saturated rings. The van der Waals surface area contributed by atoms with Crippen molar-refractivity contribution in [1.29, 1.82) is 0 Å². The maximum atomic E-state index is 13.6. The fourth-order valence-corrected chi connectivity index (χ4v) is 2.48. The predicted molar refractivity (Wildman–Crippen MR) is 74.8 cm³/mol. The zero-order valence-corrected chi connectivity index (χ0v) is 11.7. The average Bonchev–Trinajstić information content (AvgIpc) is 2.91. The molecule has 0 spiro atoms. The lowest BCUT2D eigenvalue weighted by molar-refractivity contribution is -0.128. The first-order valence-corrected chi connectivity index (χ1v) is 7.06. The maximum absolute atomic E-state index is 13.6. The van der Waals surface area contributed by atoms with Gasteiger partial charge >= 0.3 is 0 Å². The number of benzene rings is 1. The molecule has 1 atom stereocenters. The van der Waals surface area contributed by atoms with Gasteiger partial charge in [-0.25, -0.2) is 4.39 Å². The van der Waals surface area contributed by atoms with Crippen molar-refractivity contribution in [2.45, 2.75) is 51.3 Å². The molecule has 0 heterocycles. The first kappa shape index (κ1) is 14.8. The Balaban J connectivity index is 1.98. The van der Waals surface area contributed by atoms with Gasteiger partial charge in [-0.15, -0.1) is 0 Å². The van der Waals surface area contributed by atoms with Gasteiger partial charge < -0.3 is 15.8 Å². The van der Waals surface area contributed by atoms with Gasteiger partial charge in [0.25, 0.3) is 5.91 Å². The lowest BCUT2D eigenvalue weighted by Gasteiger charge is -2.19. The molecule has 0 radical (unpaired) electrons. The van der Waals surface area contributed by atoms with Crippen molar-refractivity contribution in [1.82, 2.24) is 5.32 Å². The second-order valence-corrected chi connectivity index (χ2v) is 5.17. The summed E-state index contributed by atoms with van der Waals surface area (Å²) in [6.45, 7) is 1.70. The summed E-state index contributed by atoms with van der Waals surface area (Å²) in [5.74, 6) is -0.237. The Labute approximate surface area is 118 Å². The third kappa shape index (κ3) is 3.48. The van der Waals surface area contributed by atoms with Gasteiger partial charge in [-0.1, -0.05) is 18.9 Å². The quantitative estimate of drug-likeness (QED) is 0.868. The molecule has 1 aliphatic carbocycles. The summed E-state index contributed by atoms with van der Waals surface area (Å²) in [6, 6.07) is 4.75. The molecule has 4 nitrogen and oxygen atoms in total. The molecule has 0 aromatic heterocycles. The summed E-state index contributed by atoms with van der Waals surface area (Å²) >= 11 is 0. The molecule has 1 aromatic carbocycles. The summed E-state index contributed by atoms with van der Waals surface area (Å²) < 4.78 is 19.1. The van der Waals surface area contributed by atoms with Crippen LogP contribution in [-0.2, 0) is 11.3 Å². The Bertz CT molecular complexity index is 473. The van der Waals surface area contributed by atoms with Crippen LogP contribution in [-0.4, -0.2) is 18.1 Å². The Hall–Kier alpha value is -1.62. The highest BCUT2D eigenvalue weighted by molar-refractivity contribution is 5.81. The maximum Gasteiger partial charge on any atom is 0.260 e. The molecule has 110 valence electrons. The monoisotopic (exact) mass is 280 g/mol. The fraction of sp³-hybridized carbons (Fsp3) is 0.533. The van der Waals surface area contributed by atoms with Crippen LogP contribution in [0.25, 0.3) is 0 Å². The molecular formula is C15H21FN2O2. The summed E-state index contributed by atoms with van der Waals surface area (Å²) in [5, 5.41) is 2.96. The number of nitrogens with two attached hydrogens (primary N) is 1. The van der Waals surface area contributed by atoms with Crippen molar-refractivity contribution in [2.75, 3.05) is 0 Å². The van der Waals surface area contributed by atoms with Gasteiger partial charge in [0.05, 0.1) is 0 Å². The Morgan fingerprint density at radius 3 is 2.85 bits per heavy atom. The van der Waals surface area contributed by atoms with Gasteiger partial charge in [-0.05, 0) is 31.9 Å². The minimum absolute atomic E-state index is 0.0406. The number of carbonyl (C=O) groups is 1. The van der Waals surface area contributed by atoms with Gasteiger partial charge in [-0.2, -0.15) is 0 Å². The molecule has 1 aromatic rings. The third-order valence-corrected chi connectivity index (χ3v) is 3.65. The minimum Gasteiger partial charge on any atom is -0.480 e. The van der Waals surface area contributed by atoms with Crippen molar-refractivity contribution in [3.05, 3.63) is 29.6 Å². The summed E-state index contributed by atoms with van der Waals surface area (Å²) in [7, 11) is 0. The zero-order valence-electron chi connectivity index (χ0n) is 11.7. The third-order valence-electron chi connectivity index (χ3n) is 3.65. The van der Waals surface area contributed by atoms with Gasteiger partial charge in [0, 0.05) is 18.2 Å². The van der Waals surface area contributed by atoms with Crippen molar-refractivity contribution in [3.8, 4) is 5.75 Å². The van der Waals surface area contributed by atoms with E-state index >= 15 is 0 Å². The van der Waals surface area contributed by atoms with Crippen LogP contribution in [0.2, 0.25) is 0 Å². The van der Waals surface area contributed by atoms with E-state index in [0.29, 0.717) is 11.3 Å². The first-order chi connectivity index (χ1) is 9.61. The van der Waals surface area contributed by atoms with Crippen LogP contribution in [0, 0.1) is 5.82 Å². The van der Waals surface area contributed by atoms with Crippen LogP contribution in [0.5, 0.6) is 5.75 Å². The highest BCUT2D eigenvalue weighted by Gasteiger charge is 2.22. The van der Waals surface area contributed by atoms with Crippen molar-refractivity contribution in [2.24, 2.45) is 5.73 Å². The van der Waals surface area contributed by atoms with Crippen LogP contribution in [0.3, 0.4) is 0 Å². The average molecular weight is 280 g/mol. The van der Waals surface area contributed by atoms with E-state index in [0.717, 1.165) is 25.7 Å². The lowest BCUT2D eigenvalue weighted by Crippen LogP contribution is -2.41. The molecule has 20 heavy (non-hydrogen) atoms. The van der Waals surface area contributed by atoms with Gasteiger partial charge in [0.1, 0.15) is 11.6 Å². The number of nitrogens with one attached hydrogen (secondary N) is 1. The normalized spacial score (nSPS) is 16.9. The largest absolute Gasteiger partial charge is 0.480 e. The molecule has 1 unspecified atom stereocenters. The SMILES string of the molecule is CC(Oc1cccc(F)c1CN)C(=O)NC1CCCC1. The van der Waals surface area contributed by atoms with E-state index in [1.807, 2.05) is 0 Å². The van der Waals surface area contributed by atoms with Crippen LogP contribution >= 0.6 is 0 Å². The van der Waals surface area contributed by atoms with Crippen LogP contribution < -0.4 is 15.8 Å².